The number of benzene rings is 1. The third-order valence-electron chi connectivity index (χ3n) is 2.05. The first-order valence-electron chi connectivity index (χ1n) is 5.60. The van der Waals surface area contributed by atoms with Crippen molar-refractivity contribution in [2.45, 2.75) is 19.9 Å². The highest BCUT2D eigenvalue weighted by molar-refractivity contribution is 7.53. The molecule has 0 amide bonds. The quantitative estimate of drug-likeness (QED) is 0.617. The summed E-state index contributed by atoms with van der Waals surface area (Å²) >= 11 is 5.18. The normalized spacial score (nSPS) is 15.3. The highest BCUT2D eigenvalue weighted by atomic mass is 35.5. The minimum Gasteiger partial charge on any atom is -0.465 e. The Kier molecular flexibility index (Phi) is 6.31. The molecule has 1 aromatic rings. The van der Waals surface area contributed by atoms with Gasteiger partial charge in [0.25, 0.3) is 0 Å². The summed E-state index contributed by atoms with van der Waals surface area (Å²) in [5, 5.41) is 2.38. The maximum atomic E-state index is 12.2. The molecule has 0 heterocycles. The van der Waals surface area contributed by atoms with Crippen LogP contribution in [-0.4, -0.2) is 18.6 Å². The first-order chi connectivity index (χ1) is 9.00. The molecule has 1 rings (SSSR count). The predicted molar refractivity (Wildman–Crippen MR) is 70.8 cm³/mol. The highest BCUT2D eigenvalue weighted by Crippen LogP contribution is 2.45. The van der Waals surface area contributed by atoms with Crippen molar-refractivity contribution in [1.29, 1.82) is 0 Å². The van der Waals surface area contributed by atoms with Gasteiger partial charge in [0.15, 0.2) is 0 Å². The first-order valence-corrected chi connectivity index (χ1v) is 7.45. The summed E-state index contributed by atoms with van der Waals surface area (Å²) < 4.78 is 26.4. The van der Waals surface area contributed by atoms with E-state index in [1.807, 2.05) is 0 Å². The number of halogens is 1. The van der Waals surface area contributed by atoms with Gasteiger partial charge in [-0.05, 0) is 26.0 Å². The van der Waals surface area contributed by atoms with Crippen LogP contribution in [0.25, 0.3) is 0 Å². The molecule has 1 aromatic carbocycles. The van der Waals surface area contributed by atoms with E-state index in [1.54, 1.807) is 37.3 Å². The van der Waals surface area contributed by atoms with Gasteiger partial charge < -0.3 is 9.26 Å². The van der Waals surface area contributed by atoms with Crippen LogP contribution in [-0.2, 0) is 18.2 Å². The monoisotopic (exact) mass is 307 g/mol. The highest BCUT2D eigenvalue weighted by Gasteiger charge is 2.32. The molecule has 1 N–H and O–H groups in total. The van der Waals surface area contributed by atoms with Gasteiger partial charge in [-0.15, -0.1) is 0 Å². The SMILES string of the molecule is CCOC(=O)[C@H](C)NP(=O)(OCl)Oc1ccccc1. The van der Waals surface area contributed by atoms with E-state index < -0.39 is 19.8 Å². The van der Waals surface area contributed by atoms with Crippen molar-refractivity contribution in [3.05, 3.63) is 30.3 Å². The van der Waals surface area contributed by atoms with Gasteiger partial charge >= 0.3 is 13.7 Å². The molecule has 0 fully saturated rings. The molecule has 0 aliphatic heterocycles. The maximum absolute atomic E-state index is 12.2. The standard InChI is InChI=1S/C11H15ClNO5P/c1-3-16-11(14)9(2)13-19(15,18-12)17-10-7-5-4-6-8-10/h4-9H,3H2,1-2H3,(H,13,15)/t9-,19?/m0/s1. The van der Waals surface area contributed by atoms with Crippen LogP contribution in [0.3, 0.4) is 0 Å². The van der Waals surface area contributed by atoms with Gasteiger partial charge in [0.1, 0.15) is 11.8 Å². The zero-order valence-corrected chi connectivity index (χ0v) is 12.2. The number of para-hydroxylation sites is 1. The Morgan fingerprint density at radius 3 is 2.58 bits per heavy atom. The van der Waals surface area contributed by atoms with Gasteiger partial charge in [0, 0.05) is 0 Å². The molecule has 0 bridgehead atoms. The molecule has 8 heteroatoms. The number of rotatable bonds is 7. The third-order valence-corrected chi connectivity index (χ3v) is 3.93. The number of carbonyl (C=O) groups excluding carboxylic acids is 1. The molecule has 19 heavy (non-hydrogen) atoms. The zero-order valence-electron chi connectivity index (χ0n) is 10.5. The number of hydrogen-bond donors (Lipinski definition) is 1. The van der Waals surface area contributed by atoms with Crippen LogP contribution in [0.1, 0.15) is 13.8 Å². The van der Waals surface area contributed by atoms with Crippen LogP contribution in [0.4, 0.5) is 0 Å². The topological polar surface area (TPSA) is 73.9 Å². The molecule has 6 nitrogen and oxygen atoms in total. The van der Waals surface area contributed by atoms with Gasteiger partial charge in [-0.2, -0.15) is 9.16 Å². The minimum atomic E-state index is -3.84. The van der Waals surface area contributed by atoms with Crippen molar-refractivity contribution in [3.8, 4) is 5.75 Å². The Morgan fingerprint density at radius 2 is 2.05 bits per heavy atom. The molecule has 0 radical (unpaired) electrons. The Bertz CT molecular complexity index is 456. The van der Waals surface area contributed by atoms with E-state index in [0.29, 0.717) is 5.75 Å². The smallest absolute Gasteiger partial charge is 0.465 e. The van der Waals surface area contributed by atoms with E-state index >= 15 is 0 Å². The van der Waals surface area contributed by atoms with Crippen molar-refractivity contribution in [2.24, 2.45) is 0 Å². The maximum Gasteiger partial charge on any atom is 0.475 e. The summed E-state index contributed by atoms with van der Waals surface area (Å²) in [6, 6.07) is 7.45. The molecule has 1 unspecified atom stereocenters. The Labute approximate surface area is 116 Å². The lowest BCUT2D eigenvalue weighted by Crippen LogP contribution is -2.34. The van der Waals surface area contributed by atoms with Crippen molar-refractivity contribution in [3.63, 3.8) is 0 Å². The second-order valence-electron chi connectivity index (χ2n) is 3.57. The van der Waals surface area contributed by atoms with Gasteiger partial charge in [0.05, 0.1) is 18.5 Å². The number of carbonyl (C=O) groups is 1. The molecule has 0 saturated heterocycles. The van der Waals surface area contributed by atoms with E-state index in [0.717, 1.165) is 0 Å². The second-order valence-corrected chi connectivity index (χ2v) is 5.56. The summed E-state index contributed by atoms with van der Waals surface area (Å²) in [4.78, 5) is 11.4. The fraction of sp³-hybridized carbons (Fsp3) is 0.364. The van der Waals surface area contributed by atoms with Crippen molar-refractivity contribution >= 4 is 25.6 Å². The fourth-order valence-electron chi connectivity index (χ4n) is 1.24. The van der Waals surface area contributed by atoms with Gasteiger partial charge in [0.2, 0.25) is 0 Å². The predicted octanol–water partition coefficient (Wildman–Crippen LogP) is 2.89. The lowest BCUT2D eigenvalue weighted by atomic mass is 10.3. The molecular formula is C11H15ClNO5P. The average molecular weight is 308 g/mol. The summed E-state index contributed by atoms with van der Waals surface area (Å²) in [6.07, 6.45) is 0. The lowest BCUT2D eigenvalue weighted by Gasteiger charge is -2.19. The van der Waals surface area contributed by atoms with Crippen LogP contribution < -0.4 is 9.61 Å². The number of nitrogens with one attached hydrogen (secondary N) is 1. The Morgan fingerprint density at radius 1 is 1.42 bits per heavy atom. The van der Waals surface area contributed by atoms with E-state index in [4.69, 9.17) is 21.1 Å². The molecule has 0 spiro atoms. The summed E-state index contributed by atoms with van der Waals surface area (Å²) in [7, 11) is -3.84. The molecule has 0 aliphatic rings. The minimum absolute atomic E-state index is 0.219. The first kappa shape index (κ1) is 16.0. The fourth-order valence-corrected chi connectivity index (χ4v) is 2.54. The van der Waals surface area contributed by atoms with Crippen molar-refractivity contribution in [1.82, 2.24) is 5.09 Å². The number of esters is 1. The van der Waals surface area contributed by atoms with Gasteiger partial charge in [-0.25, -0.2) is 4.57 Å². The summed E-state index contributed by atoms with van der Waals surface area (Å²) in [6.45, 7) is 3.36. The largest absolute Gasteiger partial charge is 0.475 e. The molecule has 0 aliphatic carbocycles. The van der Waals surface area contributed by atoms with Crippen LogP contribution >= 0.6 is 19.6 Å². The average Bonchev–Trinajstić information content (AvgIpc) is 2.40. The van der Waals surface area contributed by atoms with Crippen LogP contribution in [0.2, 0.25) is 0 Å². The molecule has 106 valence electrons. The van der Waals surface area contributed by atoms with E-state index in [-0.39, 0.29) is 6.61 Å². The molecule has 0 aromatic heterocycles. The van der Waals surface area contributed by atoms with Crippen molar-refractivity contribution in [2.75, 3.05) is 6.61 Å². The number of ether oxygens (including phenoxy) is 1. The van der Waals surface area contributed by atoms with Gasteiger partial charge in [-0.1, -0.05) is 18.2 Å². The van der Waals surface area contributed by atoms with Crippen molar-refractivity contribution < 1.29 is 22.7 Å². The van der Waals surface area contributed by atoms with E-state index in [9.17, 15) is 9.36 Å². The van der Waals surface area contributed by atoms with E-state index in [2.05, 4.69) is 9.16 Å². The van der Waals surface area contributed by atoms with E-state index in [1.165, 1.54) is 6.92 Å². The third kappa shape index (κ3) is 5.20. The lowest BCUT2D eigenvalue weighted by molar-refractivity contribution is -0.144. The van der Waals surface area contributed by atoms with Crippen LogP contribution in [0.5, 0.6) is 5.75 Å². The Hall–Kier alpha value is -1.07. The van der Waals surface area contributed by atoms with Gasteiger partial charge in [-0.3, -0.25) is 4.79 Å². The van der Waals surface area contributed by atoms with Crippen LogP contribution in [0.15, 0.2) is 30.3 Å². The Balaban J connectivity index is 2.70. The van der Waals surface area contributed by atoms with Crippen LogP contribution in [0, 0.1) is 0 Å². The second kappa shape index (κ2) is 7.50. The number of hydrogen-bond acceptors (Lipinski definition) is 5. The zero-order chi connectivity index (χ0) is 14.3. The molecule has 2 atom stereocenters. The summed E-state index contributed by atoms with van der Waals surface area (Å²) in [5.41, 5.74) is 0. The summed E-state index contributed by atoms with van der Waals surface area (Å²) in [5.74, 6) is -0.275. The molecular weight excluding hydrogens is 293 g/mol. The molecule has 0 saturated carbocycles.